The van der Waals surface area contributed by atoms with E-state index in [0.29, 0.717) is 28.6 Å². The third kappa shape index (κ3) is 2.76. The summed E-state index contributed by atoms with van der Waals surface area (Å²) in [5, 5.41) is 11.9. The minimum atomic E-state index is 0.327. The molecule has 0 saturated carbocycles. The SMILES string of the molecule is CNc1ncc(-c2nc3cc(N4CCOCC4)ccc3o2)c2cc(N)nnc12. The number of oxazole rings is 1. The number of pyridine rings is 1. The van der Waals surface area contributed by atoms with Crippen LogP contribution < -0.4 is 16.0 Å². The highest BCUT2D eigenvalue weighted by molar-refractivity contribution is 5.99. The van der Waals surface area contributed by atoms with Gasteiger partial charge in [-0.3, -0.25) is 0 Å². The maximum Gasteiger partial charge on any atom is 0.229 e. The van der Waals surface area contributed by atoms with Gasteiger partial charge in [-0.2, -0.15) is 0 Å². The second-order valence-corrected chi connectivity index (χ2v) is 6.57. The van der Waals surface area contributed by atoms with Gasteiger partial charge in [-0.25, -0.2) is 9.97 Å². The molecule has 0 aliphatic carbocycles. The van der Waals surface area contributed by atoms with Crippen LogP contribution in [0, 0.1) is 0 Å². The zero-order valence-corrected chi connectivity index (χ0v) is 15.3. The van der Waals surface area contributed by atoms with Gasteiger partial charge in [0.25, 0.3) is 0 Å². The van der Waals surface area contributed by atoms with Crippen molar-refractivity contribution in [2.24, 2.45) is 0 Å². The van der Waals surface area contributed by atoms with Gasteiger partial charge in [0.15, 0.2) is 11.4 Å². The fraction of sp³-hybridized carbons (Fsp3) is 0.263. The second kappa shape index (κ2) is 6.61. The molecule has 1 saturated heterocycles. The molecule has 0 atom stereocenters. The number of benzene rings is 1. The first kappa shape index (κ1) is 16.7. The number of aromatic nitrogens is 4. The van der Waals surface area contributed by atoms with Crippen molar-refractivity contribution in [3.63, 3.8) is 0 Å². The molecule has 1 aliphatic heterocycles. The van der Waals surface area contributed by atoms with Gasteiger partial charge in [0, 0.05) is 37.4 Å². The molecule has 3 N–H and O–H groups in total. The molecule has 0 radical (unpaired) electrons. The first-order chi connectivity index (χ1) is 13.7. The maximum absolute atomic E-state index is 6.01. The zero-order chi connectivity index (χ0) is 19.1. The number of ether oxygens (including phenoxy) is 1. The Morgan fingerprint density at radius 3 is 2.82 bits per heavy atom. The van der Waals surface area contributed by atoms with Crippen molar-refractivity contribution in [1.29, 1.82) is 0 Å². The number of morpholine rings is 1. The summed E-state index contributed by atoms with van der Waals surface area (Å²) in [7, 11) is 1.78. The Morgan fingerprint density at radius 1 is 1.14 bits per heavy atom. The zero-order valence-electron chi connectivity index (χ0n) is 15.3. The highest BCUT2D eigenvalue weighted by Gasteiger charge is 2.17. The molecule has 0 unspecified atom stereocenters. The van der Waals surface area contributed by atoms with E-state index in [1.807, 2.05) is 18.2 Å². The van der Waals surface area contributed by atoms with Crippen LogP contribution in [0.1, 0.15) is 0 Å². The molecule has 4 aromatic rings. The Kier molecular flexibility index (Phi) is 3.94. The Bertz CT molecular complexity index is 1170. The predicted molar refractivity (Wildman–Crippen MR) is 107 cm³/mol. The van der Waals surface area contributed by atoms with Gasteiger partial charge in [0.2, 0.25) is 5.89 Å². The largest absolute Gasteiger partial charge is 0.436 e. The lowest BCUT2D eigenvalue weighted by atomic mass is 10.1. The van der Waals surface area contributed by atoms with Crippen molar-refractivity contribution in [2.45, 2.75) is 0 Å². The normalized spacial score (nSPS) is 14.7. The smallest absolute Gasteiger partial charge is 0.229 e. The summed E-state index contributed by atoms with van der Waals surface area (Å²) < 4.78 is 11.4. The fourth-order valence-electron chi connectivity index (χ4n) is 3.45. The summed E-state index contributed by atoms with van der Waals surface area (Å²) in [5.74, 6) is 1.42. The average Bonchev–Trinajstić information content (AvgIpc) is 3.16. The van der Waals surface area contributed by atoms with Gasteiger partial charge in [-0.15, -0.1) is 10.2 Å². The Hall–Kier alpha value is -3.46. The molecule has 0 bridgehead atoms. The van der Waals surface area contributed by atoms with Crippen LogP contribution in [0.3, 0.4) is 0 Å². The number of nitrogens with zero attached hydrogens (tertiary/aromatic N) is 5. The maximum atomic E-state index is 6.01. The number of anilines is 3. The Balaban J connectivity index is 1.62. The lowest BCUT2D eigenvalue weighted by molar-refractivity contribution is 0.122. The highest BCUT2D eigenvalue weighted by Crippen LogP contribution is 2.33. The molecule has 0 amide bonds. The lowest BCUT2D eigenvalue weighted by Crippen LogP contribution is -2.36. The molecule has 9 heteroatoms. The fourth-order valence-corrected chi connectivity index (χ4v) is 3.45. The molecule has 0 spiro atoms. The molecular formula is C19H19N7O2. The van der Waals surface area contributed by atoms with Crippen LogP contribution in [-0.4, -0.2) is 53.5 Å². The number of hydrogen-bond donors (Lipinski definition) is 2. The van der Waals surface area contributed by atoms with Crippen molar-refractivity contribution in [1.82, 2.24) is 20.2 Å². The number of nitrogens with one attached hydrogen (secondary N) is 1. The van der Waals surface area contributed by atoms with Crippen molar-refractivity contribution in [3.05, 3.63) is 30.5 Å². The first-order valence-electron chi connectivity index (χ1n) is 9.06. The van der Waals surface area contributed by atoms with Crippen molar-refractivity contribution in [2.75, 3.05) is 49.3 Å². The van der Waals surface area contributed by atoms with Gasteiger partial charge in [-0.1, -0.05) is 0 Å². The quantitative estimate of drug-likeness (QED) is 0.555. The van der Waals surface area contributed by atoms with Gasteiger partial charge in [0.05, 0.1) is 18.8 Å². The third-order valence-corrected chi connectivity index (χ3v) is 4.86. The monoisotopic (exact) mass is 377 g/mol. The third-order valence-electron chi connectivity index (χ3n) is 4.86. The number of nitrogen functional groups attached to an aromatic ring is 1. The van der Waals surface area contributed by atoms with E-state index >= 15 is 0 Å². The Morgan fingerprint density at radius 2 is 2.00 bits per heavy atom. The van der Waals surface area contributed by atoms with E-state index in [0.717, 1.165) is 48.5 Å². The van der Waals surface area contributed by atoms with Crippen LogP contribution in [0.25, 0.3) is 33.5 Å². The molecule has 28 heavy (non-hydrogen) atoms. The van der Waals surface area contributed by atoms with E-state index < -0.39 is 0 Å². The number of hydrogen-bond acceptors (Lipinski definition) is 9. The minimum absolute atomic E-state index is 0.327. The minimum Gasteiger partial charge on any atom is -0.436 e. The van der Waals surface area contributed by atoms with Crippen LogP contribution in [0.2, 0.25) is 0 Å². The van der Waals surface area contributed by atoms with E-state index in [9.17, 15) is 0 Å². The van der Waals surface area contributed by atoms with E-state index in [1.165, 1.54) is 0 Å². The summed E-state index contributed by atoms with van der Waals surface area (Å²) in [6.07, 6.45) is 1.71. The average molecular weight is 377 g/mol. The van der Waals surface area contributed by atoms with Crippen LogP contribution >= 0.6 is 0 Å². The predicted octanol–water partition coefficient (Wildman–Crippen LogP) is 2.29. The standard InChI is InChI=1S/C19H19N7O2/c1-21-18-17-12(9-16(20)24-25-17)13(10-22-18)19-23-14-8-11(2-3-15(14)28-19)26-4-6-27-7-5-26/h2-3,8-10H,4-7H2,1H3,(H2,20,24)(H,21,22). The van der Waals surface area contributed by atoms with Gasteiger partial charge < -0.3 is 25.1 Å². The summed E-state index contributed by atoms with van der Waals surface area (Å²) in [6.45, 7) is 3.21. The first-order valence-corrected chi connectivity index (χ1v) is 9.06. The van der Waals surface area contributed by atoms with E-state index in [1.54, 1.807) is 19.3 Å². The summed E-state index contributed by atoms with van der Waals surface area (Å²) in [5.41, 5.74) is 9.81. The number of fused-ring (bicyclic) bond motifs is 2. The lowest BCUT2D eigenvalue weighted by Gasteiger charge is -2.28. The molecule has 9 nitrogen and oxygen atoms in total. The topological polar surface area (TPSA) is 115 Å². The van der Waals surface area contributed by atoms with Crippen molar-refractivity contribution < 1.29 is 9.15 Å². The van der Waals surface area contributed by atoms with E-state index in [-0.39, 0.29) is 0 Å². The Labute approximate surface area is 160 Å². The van der Waals surface area contributed by atoms with Crippen LogP contribution in [0.5, 0.6) is 0 Å². The molecule has 4 heterocycles. The van der Waals surface area contributed by atoms with Crippen LogP contribution in [-0.2, 0) is 4.74 Å². The molecule has 1 aromatic carbocycles. The van der Waals surface area contributed by atoms with Crippen LogP contribution in [0.15, 0.2) is 34.9 Å². The number of nitrogens with two attached hydrogens (primary N) is 1. The molecule has 1 aliphatic rings. The van der Waals surface area contributed by atoms with E-state index in [2.05, 4.69) is 25.4 Å². The van der Waals surface area contributed by atoms with Gasteiger partial charge >= 0.3 is 0 Å². The van der Waals surface area contributed by atoms with Crippen molar-refractivity contribution in [3.8, 4) is 11.5 Å². The summed E-state index contributed by atoms with van der Waals surface area (Å²) in [6, 6.07) is 7.79. The second-order valence-electron chi connectivity index (χ2n) is 6.57. The molecule has 3 aromatic heterocycles. The van der Waals surface area contributed by atoms with Crippen molar-refractivity contribution >= 4 is 39.3 Å². The van der Waals surface area contributed by atoms with Crippen LogP contribution in [0.4, 0.5) is 17.3 Å². The molecular weight excluding hydrogens is 358 g/mol. The summed E-state index contributed by atoms with van der Waals surface area (Å²) in [4.78, 5) is 11.4. The van der Waals surface area contributed by atoms with E-state index in [4.69, 9.17) is 19.9 Å². The summed E-state index contributed by atoms with van der Waals surface area (Å²) >= 11 is 0. The van der Waals surface area contributed by atoms with Gasteiger partial charge in [-0.05, 0) is 24.3 Å². The van der Waals surface area contributed by atoms with Gasteiger partial charge in [0.1, 0.15) is 16.9 Å². The highest BCUT2D eigenvalue weighted by atomic mass is 16.5. The molecule has 142 valence electrons. The number of rotatable bonds is 3. The molecule has 5 rings (SSSR count). The molecule has 1 fully saturated rings.